The molecule has 24 heavy (non-hydrogen) atoms. The molecule has 2 aromatic carbocycles. The summed E-state index contributed by atoms with van der Waals surface area (Å²) in [4.78, 5) is 35.7. The number of ether oxygens (including phenoxy) is 1. The third-order valence-electron chi connectivity index (χ3n) is 3.00. The summed E-state index contributed by atoms with van der Waals surface area (Å²) in [6.07, 6.45) is 1.42. The monoisotopic (exact) mass is 322 g/mol. The fraction of sp³-hybridized carbons (Fsp3) is 0.0588. The van der Waals surface area contributed by atoms with Crippen LogP contribution in [-0.4, -0.2) is 24.1 Å². The molecule has 0 aromatic heterocycles. The smallest absolute Gasteiger partial charge is 0.337 e. The van der Waals surface area contributed by atoms with Gasteiger partial charge in [0.2, 0.25) is 6.08 Å². The number of benzene rings is 2. The Balaban J connectivity index is 2.42. The molecule has 0 saturated carbocycles. The lowest BCUT2D eigenvalue weighted by molar-refractivity contribution is -0.384. The van der Waals surface area contributed by atoms with E-state index < -0.39 is 10.9 Å². The molecule has 0 spiro atoms. The molecule has 0 radical (unpaired) electrons. The normalized spacial score (nSPS) is 9.21. The predicted octanol–water partition coefficient (Wildman–Crippen LogP) is 2.75. The average molecular weight is 322 g/mol. The van der Waals surface area contributed by atoms with Gasteiger partial charge in [-0.2, -0.15) is 4.99 Å². The number of carbonyl (C=O) groups excluding carboxylic acids is 2. The van der Waals surface area contributed by atoms with E-state index in [0.29, 0.717) is 11.1 Å². The van der Waals surface area contributed by atoms with Crippen molar-refractivity contribution in [1.82, 2.24) is 0 Å². The number of methoxy groups -OCH3 is 1. The maximum atomic E-state index is 11.6. The van der Waals surface area contributed by atoms with Gasteiger partial charge in [-0.3, -0.25) is 10.1 Å². The quantitative estimate of drug-likeness (QED) is 0.216. The highest BCUT2D eigenvalue weighted by atomic mass is 16.6. The number of nitro groups is 1. The Labute approximate surface area is 136 Å². The molecular weight excluding hydrogens is 312 g/mol. The zero-order valence-electron chi connectivity index (χ0n) is 12.5. The first kappa shape index (κ1) is 16.6. The van der Waals surface area contributed by atoms with Gasteiger partial charge in [-0.15, -0.1) is 0 Å². The van der Waals surface area contributed by atoms with Crippen molar-refractivity contribution in [2.24, 2.45) is 4.99 Å². The van der Waals surface area contributed by atoms with Crippen molar-refractivity contribution in [2.75, 3.05) is 7.11 Å². The van der Waals surface area contributed by atoms with Gasteiger partial charge >= 0.3 is 5.97 Å². The lowest BCUT2D eigenvalue weighted by Gasteiger charge is -2.01. The van der Waals surface area contributed by atoms with E-state index >= 15 is 0 Å². The zero-order valence-corrected chi connectivity index (χ0v) is 12.5. The van der Waals surface area contributed by atoms with E-state index in [2.05, 4.69) is 21.6 Å². The molecule has 2 rings (SSSR count). The third-order valence-corrected chi connectivity index (χ3v) is 3.00. The van der Waals surface area contributed by atoms with Gasteiger partial charge in [0.1, 0.15) is 0 Å². The van der Waals surface area contributed by atoms with Gasteiger partial charge in [-0.25, -0.2) is 9.59 Å². The molecule has 0 aliphatic carbocycles. The van der Waals surface area contributed by atoms with Crippen LogP contribution in [0.25, 0.3) is 0 Å². The van der Waals surface area contributed by atoms with Crippen LogP contribution in [0.3, 0.4) is 0 Å². The summed E-state index contributed by atoms with van der Waals surface area (Å²) in [5.74, 6) is 5.03. The summed E-state index contributed by atoms with van der Waals surface area (Å²) in [5, 5.41) is 10.6. The third kappa shape index (κ3) is 3.91. The number of hydrogen-bond acceptors (Lipinski definition) is 6. The summed E-state index contributed by atoms with van der Waals surface area (Å²) >= 11 is 0. The van der Waals surface area contributed by atoms with Crippen LogP contribution >= 0.6 is 0 Å². The Morgan fingerprint density at radius 3 is 2.46 bits per heavy atom. The molecular formula is C17H10N2O5. The van der Waals surface area contributed by atoms with Crippen LogP contribution < -0.4 is 0 Å². The Morgan fingerprint density at radius 1 is 1.17 bits per heavy atom. The fourth-order valence-corrected chi connectivity index (χ4v) is 1.83. The molecule has 0 fully saturated rings. The van der Waals surface area contributed by atoms with Crippen molar-refractivity contribution in [3.63, 3.8) is 0 Å². The molecule has 0 atom stereocenters. The second-order valence-corrected chi connectivity index (χ2v) is 4.48. The molecule has 118 valence electrons. The SMILES string of the molecule is COC(=O)c1ccc(N=C=O)c(C#Cc2ccc([N+](=O)[O-])cc2)c1. The molecule has 7 nitrogen and oxygen atoms in total. The molecule has 0 aliphatic rings. The zero-order chi connectivity index (χ0) is 17.5. The van der Waals surface area contributed by atoms with Crippen LogP contribution in [0.1, 0.15) is 21.5 Å². The minimum absolute atomic E-state index is 0.0421. The largest absolute Gasteiger partial charge is 0.465 e. The van der Waals surface area contributed by atoms with Gasteiger partial charge in [0.05, 0.1) is 28.8 Å². The summed E-state index contributed by atoms with van der Waals surface area (Å²) < 4.78 is 4.63. The maximum Gasteiger partial charge on any atom is 0.337 e. The summed E-state index contributed by atoms with van der Waals surface area (Å²) in [7, 11) is 1.25. The van der Waals surface area contributed by atoms with Crippen molar-refractivity contribution in [3.8, 4) is 11.8 Å². The number of nitrogens with zero attached hydrogens (tertiary/aromatic N) is 2. The Hall–Kier alpha value is -3.75. The lowest BCUT2D eigenvalue weighted by atomic mass is 10.1. The Bertz CT molecular complexity index is 901. The number of carbonyl (C=O) groups is 1. The highest BCUT2D eigenvalue weighted by Crippen LogP contribution is 2.20. The standard InChI is InChI=1S/C17H10N2O5/c1-24-17(21)14-6-9-16(18-11-20)13(10-14)5-2-12-3-7-15(8-4-12)19(22)23/h3-4,6-10H,1H3. The van der Waals surface area contributed by atoms with Crippen molar-refractivity contribution < 1.29 is 19.2 Å². The molecule has 0 unspecified atom stereocenters. The van der Waals surface area contributed by atoms with E-state index in [0.717, 1.165) is 0 Å². The Kier molecular flexibility index (Phi) is 5.19. The van der Waals surface area contributed by atoms with Gasteiger partial charge in [-0.1, -0.05) is 11.8 Å². The number of rotatable bonds is 3. The maximum absolute atomic E-state index is 11.6. The van der Waals surface area contributed by atoms with E-state index in [1.54, 1.807) is 0 Å². The minimum atomic E-state index is -0.546. The molecule has 0 amide bonds. The molecule has 2 aromatic rings. The van der Waals surface area contributed by atoms with Crippen molar-refractivity contribution in [1.29, 1.82) is 0 Å². The molecule has 0 N–H and O–H groups in total. The number of isocyanates is 1. The van der Waals surface area contributed by atoms with Crippen LogP contribution in [0.2, 0.25) is 0 Å². The van der Waals surface area contributed by atoms with E-state index in [4.69, 9.17) is 0 Å². The second kappa shape index (κ2) is 7.49. The van der Waals surface area contributed by atoms with Gasteiger partial charge in [0.15, 0.2) is 0 Å². The van der Waals surface area contributed by atoms with Gasteiger partial charge < -0.3 is 4.74 Å². The minimum Gasteiger partial charge on any atom is -0.465 e. The van der Waals surface area contributed by atoms with Crippen LogP contribution in [0, 0.1) is 22.0 Å². The van der Waals surface area contributed by atoms with Gasteiger partial charge in [0, 0.05) is 17.7 Å². The second-order valence-electron chi connectivity index (χ2n) is 4.48. The fourth-order valence-electron chi connectivity index (χ4n) is 1.83. The summed E-state index contributed by atoms with van der Waals surface area (Å²) in [6.45, 7) is 0. The van der Waals surface area contributed by atoms with E-state index in [1.165, 1.54) is 55.7 Å². The van der Waals surface area contributed by atoms with Gasteiger partial charge in [0.25, 0.3) is 5.69 Å². The number of aliphatic imine (C=N–C) groups is 1. The van der Waals surface area contributed by atoms with Crippen LogP contribution in [0.4, 0.5) is 11.4 Å². The molecule has 7 heteroatoms. The highest BCUT2D eigenvalue weighted by Gasteiger charge is 2.08. The summed E-state index contributed by atoms with van der Waals surface area (Å²) in [6, 6.07) is 10.0. The van der Waals surface area contributed by atoms with E-state index in [1.807, 2.05) is 0 Å². The predicted molar refractivity (Wildman–Crippen MR) is 84.6 cm³/mol. The molecule has 0 aliphatic heterocycles. The van der Waals surface area contributed by atoms with E-state index in [-0.39, 0.29) is 16.9 Å². The summed E-state index contributed by atoms with van der Waals surface area (Å²) in [5.41, 5.74) is 1.34. The molecule has 0 saturated heterocycles. The van der Waals surface area contributed by atoms with E-state index in [9.17, 15) is 19.7 Å². The van der Waals surface area contributed by atoms with Crippen LogP contribution in [-0.2, 0) is 9.53 Å². The van der Waals surface area contributed by atoms with Gasteiger partial charge in [-0.05, 0) is 30.3 Å². The van der Waals surface area contributed by atoms with Crippen LogP contribution in [0.15, 0.2) is 47.5 Å². The molecule has 0 bridgehead atoms. The number of esters is 1. The number of hydrogen-bond donors (Lipinski definition) is 0. The van der Waals surface area contributed by atoms with Crippen molar-refractivity contribution in [3.05, 3.63) is 69.3 Å². The average Bonchev–Trinajstić information content (AvgIpc) is 2.60. The van der Waals surface area contributed by atoms with Crippen LogP contribution in [0.5, 0.6) is 0 Å². The molecule has 0 heterocycles. The first-order chi connectivity index (χ1) is 11.5. The Morgan fingerprint density at radius 2 is 1.88 bits per heavy atom. The highest BCUT2D eigenvalue weighted by molar-refractivity contribution is 5.90. The first-order valence-corrected chi connectivity index (χ1v) is 6.62. The number of nitro benzene ring substituents is 1. The van der Waals surface area contributed by atoms with Crippen molar-refractivity contribution in [2.45, 2.75) is 0 Å². The topological polar surface area (TPSA) is 98.9 Å². The van der Waals surface area contributed by atoms with Crippen molar-refractivity contribution >= 4 is 23.4 Å². The number of non-ortho nitro benzene ring substituents is 1. The lowest BCUT2D eigenvalue weighted by Crippen LogP contribution is -2.01. The first-order valence-electron chi connectivity index (χ1n) is 6.62.